The van der Waals surface area contributed by atoms with Crippen LogP contribution in [-0.2, 0) is 20.7 Å². The zero-order valence-electron chi connectivity index (χ0n) is 13.4. The number of hydrogen-bond acceptors (Lipinski definition) is 3. The third-order valence-electron chi connectivity index (χ3n) is 5.43. The summed E-state index contributed by atoms with van der Waals surface area (Å²) in [5.74, 6) is -0.358. The van der Waals surface area contributed by atoms with Gasteiger partial charge in [-0.05, 0) is 50.7 Å². The summed E-state index contributed by atoms with van der Waals surface area (Å²) in [6, 6.07) is 8.01. The topological polar surface area (TPSA) is 46.6 Å². The summed E-state index contributed by atoms with van der Waals surface area (Å²) in [5.41, 5.74) is 2.61. The van der Waals surface area contributed by atoms with Crippen LogP contribution in [0.5, 0.6) is 0 Å². The lowest BCUT2D eigenvalue weighted by Gasteiger charge is -2.35. The Bertz CT molecular complexity index is 713. The fourth-order valence-corrected chi connectivity index (χ4v) is 4.26. The van der Waals surface area contributed by atoms with E-state index in [0.717, 1.165) is 44.2 Å². The van der Waals surface area contributed by atoms with Crippen molar-refractivity contribution in [3.8, 4) is 0 Å². The number of hydrogen-bond donors (Lipinski definition) is 0. The minimum Gasteiger partial charge on any atom is -0.451 e. The molecular weight excluding hydrogens is 290 g/mol. The average Bonchev–Trinajstić information content (AvgIpc) is 3.08. The van der Waals surface area contributed by atoms with E-state index in [1.807, 2.05) is 23.1 Å². The van der Waals surface area contributed by atoms with Crippen LogP contribution in [0.4, 0.5) is 5.69 Å². The quantitative estimate of drug-likeness (QED) is 0.749. The molecular formula is C19H21NO3. The maximum Gasteiger partial charge on any atom is 0.335 e. The fraction of sp³-hybridized carbons (Fsp3) is 0.474. The van der Waals surface area contributed by atoms with E-state index >= 15 is 0 Å². The van der Waals surface area contributed by atoms with Crippen molar-refractivity contribution in [3.05, 3.63) is 41.0 Å². The number of esters is 1. The predicted molar refractivity (Wildman–Crippen MR) is 87.1 cm³/mol. The van der Waals surface area contributed by atoms with Crippen LogP contribution in [0, 0.1) is 0 Å². The number of para-hydroxylation sites is 1. The summed E-state index contributed by atoms with van der Waals surface area (Å²) in [6.07, 6.45) is 5.57. The van der Waals surface area contributed by atoms with Gasteiger partial charge in [-0.15, -0.1) is 0 Å². The minimum absolute atomic E-state index is 0.0415. The number of benzene rings is 1. The van der Waals surface area contributed by atoms with Crippen LogP contribution in [0.25, 0.3) is 0 Å². The second kappa shape index (κ2) is 5.22. The van der Waals surface area contributed by atoms with Gasteiger partial charge < -0.3 is 9.64 Å². The minimum atomic E-state index is -0.673. The molecule has 4 rings (SSSR count). The molecule has 4 nitrogen and oxygen atoms in total. The first-order valence-electron chi connectivity index (χ1n) is 8.47. The van der Waals surface area contributed by atoms with Gasteiger partial charge in [0.1, 0.15) is 5.60 Å². The average molecular weight is 311 g/mol. The lowest BCUT2D eigenvalue weighted by molar-refractivity contribution is -0.149. The largest absolute Gasteiger partial charge is 0.451 e. The van der Waals surface area contributed by atoms with E-state index in [0.29, 0.717) is 17.7 Å². The highest BCUT2D eigenvalue weighted by molar-refractivity contribution is 6.14. The van der Waals surface area contributed by atoms with E-state index < -0.39 is 5.60 Å². The number of fused-ring (bicyclic) bond motifs is 1. The maximum atomic E-state index is 13.3. The number of carbonyl (C=O) groups excluding carboxylic acids is 2. The van der Waals surface area contributed by atoms with Crippen molar-refractivity contribution in [2.45, 2.75) is 51.0 Å². The van der Waals surface area contributed by atoms with Gasteiger partial charge in [0.05, 0.1) is 5.57 Å². The summed E-state index contributed by atoms with van der Waals surface area (Å²) in [5, 5.41) is 0. The van der Waals surface area contributed by atoms with Gasteiger partial charge in [0.25, 0.3) is 5.91 Å². The van der Waals surface area contributed by atoms with E-state index in [4.69, 9.17) is 4.74 Å². The molecule has 0 unspecified atom stereocenters. The number of nitrogens with zero attached hydrogens (tertiary/aromatic N) is 1. The van der Waals surface area contributed by atoms with Crippen molar-refractivity contribution in [1.82, 2.24) is 0 Å². The second-order valence-electron chi connectivity index (χ2n) is 6.78. The van der Waals surface area contributed by atoms with Gasteiger partial charge >= 0.3 is 5.97 Å². The smallest absolute Gasteiger partial charge is 0.335 e. The molecule has 3 aliphatic rings. The number of rotatable bonds is 1. The third-order valence-corrected chi connectivity index (χ3v) is 5.43. The van der Waals surface area contributed by atoms with Crippen molar-refractivity contribution in [2.24, 2.45) is 0 Å². The molecule has 2 heterocycles. The van der Waals surface area contributed by atoms with E-state index in [2.05, 4.69) is 6.07 Å². The molecule has 1 aromatic rings. The summed E-state index contributed by atoms with van der Waals surface area (Å²) >= 11 is 0. The first-order chi connectivity index (χ1) is 11.1. The maximum absolute atomic E-state index is 13.3. The van der Waals surface area contributed by atoms with Gasteiger partial charge in [-0.2, -0.15) is 0 Å². The van der Waals surface area contributed by atoms with Crippen molar-refractivity contribution >= 4 is 17.6 Å². The molecule has 1 aromatic carbocycles. The van der Waals surface area contributed by atoms with Crippen molar-refractivity contribution < 1.29 is 14.3 Å². The van der Waals surface area contributed by atoms with Gasteiger partial charge in [0.2, 0.25) is 0 Å². The highest BCUT2D eigenvalue weighted by atomic mass is 16.6. The monoisotopic (exact) mass is 311 g/mol. The second-order valence-corrected chi connectivity index (χ2v) is 6.78. The van der Waals surface area contributed by atoms with E-state index in [1.54, 1.807) is 6.92 Å². The van der Waals surface area contributed by atoms with Crippen LogP contribution < -0.4 is 4.90 Å². The molecule has 1 spiro atoms. The zero-order chi connectivity index (χ0) is 16.0. The molecule has 0 bridgehead atoms. The Balaban J connectivity index is 1.73. The lowest BCUT2D eigenvalue weighted by Crippen LogP contribution is -2.42. The Morgan fingerprint density at radius 2 is 1.91 bits per heavy atom. The fourth-order valence-electron chi connectivity index (χ4n) is 4.26. The number of anilines is 1. The van der Waals surface area contributed by atoms with Crippen molar-refractivity contribution in [3.63, 3.8) is 0 Å². The predicted octanol–water partition coefficient (Wildman–Crippen LogP) is 3.15. The van der Waals surface area contributed by atoms with Gasteiger partial charge in [-0.25, -0.2) is 4.79 Å². The molecule has 1 amide bonds. The number of carbonyl (C=O) groups is 2. The van der Waals surface area contributed by atoms with Crippen LogP contribution >= 0.6 is 0 Å². The van der Waals surface area contributed by atoms with Crippen molar-refractivity contribution in [1.29, 1.82) is 0 Å². The van der Waals surface area contributed by atoms with Crippen LogP contribution in [0.3, 0.4) is 0 Å². The molecule has 0 saturated heterocycles. The van der Waals surface area contributed by atoms with Gasteiger partial charge in [-0.3, -0.25) is 4.79 Å². The van der Waals surface area contributed by atoms with E-state index in [-0.39, 0.29) is 11.9 Å². The molecule has 4 heteroatoms. The van der Waals surface area contributed by atoms with E-state index in [9.17, 15) is 9.59 Å². The number of amides is 1. The summed E-state index contributed by atoms with van der Waals surface area (Å²) in [4.78, 5) is 27.3. The van der Waals surface area contributed by atoms with Crippen LogP contribution in [-0.4, -0.2) is 24.0 Å². The summed E-state index contributed by atoms with van der Waals surface area (Å²) in [7, 11) is 0. The van der Waals surface area contributed by atoms with Gasteiger partial charge in [0.15, 0.2) is 0 Å². The van der Waals surface area contributed by atoms with Crippen LogP contribution in [0.1, 0.15) is 44.6 Å². The first kappa shape index (κ1) is 14.5. The highest BCUT2D eigenvalue weighted by Crippen LogP contribution is 2.45. The molecule has 1 saturated carbocycles. The van der Waals surface area contributed by atoms with Crippen LogP contribution in [0.2, 0.25) is 0 Å². The molecule has 0 N–H and O–H groups in total. The Morgan fingerprint density at radius 3 is 2.70 bits per heavy atom. The zero-order valence-corrected chi connectivity index (χ0v) is 13.4. The molecule has 1 aliphatic carbocycles. The lowest BCUT2D eigenvalue weighted by atomic mass is 9.78. The van der Waals surface area contributed by atoms with Crippen molar-refractivity contribution in [2.75, 3.05) is 11.4 Å². The molecule has 0 aromatic heterocycles. The van der Waals surface area contributed by atoms with Gasteiger partial charge in [0, 0.05) is 17.8 Å². The molecule has 1 fully saturated rings. The molecule has 0 radical (unpaired) electrons. The Kier molecular flexibility index (Phi) is 3.29. The Morgan fingerprint density at radius 1 is 1.17 bits per heavy atom. The summed E-state index contributed by atoms with van der Waals surface area (Å²) in [6.45, 7) is 2.42. The van der Waals surface area contributed by atoms with Gasteiger partial charge in [-0.1, -0.05) is 24.6 Å². The molecule has 120 valence electrons. The molecule has 2 aliphatic heterocycles. The normalized spacial score (nSPS) is 22.5. The van der Waals surface area contributed by atoms with E-state index in [1.165, 1.54) is 5.56 Å². The SMILES string of the molecule is CC1=C(C(=O)N2CCc3ccccc32)C2(CCCCC2)OC1=O. The van der Waals surface area contributed by atoms with Crippen LogP contribution in [0.15, 0.2) is 35.4 Å². The highest BCUT2D eigenvalue weighted by Gasteiger charge is 2.51. The number of ether oxygens (including phenoxy) is 1. The Hall–Kier alpha value is -2.10. The standard InChI is InChI=1S/C19H21NO3/c1-13-16(19(23-18(13)22)10-5-2-6-11-19)17(21)20-12-9-14-7-3-4-8-15(14)20/h3-4,7-8H,2,5-6,9-12H2,1H3. The summed E-state index contributed by atoms with van der Waals surface area (Å²) < 4.78 is 5.72. The Labute approximate surface area is 136 Å². The first-order valence-corrected chi connectivity index (χ1v) is 8.47. The molecule has 23 heavy (non-hydrogen) atoms. The third kappa shape index (κ3) is 2.12. The molecule has 0 atom stereocenters.